The molecule has 3 aromatic carbocycles. The van der Waals surface area contributed by atoms with E-state index in [0.29, 0.717) is 11.5 Å². The number of sulfonamides is 1. The number of nitro groups is 1. The SMILES string of the molecule is COc1ccc(Cl)cc1N(CC(=O)NCc1ccc(N2CCCC(C)C2)cc1)S(=O)(=O)c1ccc(C)c([N+](=O)[O-])c1. The van der Waals surface area contributed by atoms with E-state index in [9.17, 15) is 23.3 Å². The van der Waals surface area contributed by atoms with Gasteiger partial charge in [-0.1, -0.05) is 36.7 Å². The second-order valence-corrected chi connectivity index (χ2v) is 12.5. The van der Waals surface area contributed by atoms with Crippen molar-refractivity contribution in [1.82, 2.24) is 5.32 Å². The monoisotopic (exact) mass is 600 g/mol. The molecule has 1 aliphatic heterocycles. The maximum atomic E-state index is 13.8. The third kappa shape index (κ3) is 7.09. The van der Waals surface area contributed by atoms with Gasteiger partial charge < -0.3 is 15.0 Å². The van der Waals surface area contributed by atoms with Gasteiger partial charge in [-0.15, -0.1) is 0 Å². The van der Waals surface area contributed by atoms with Crippen LogP contribution >= 0.6 is 11.6 Å². The van der Waals surface area contributed by atoms with Gasteiger partial charge in [0.2, 0.25) is 5.91 Å². The molecule has 0 bridgehead atoms. The Bertz CT molecular complexity index is 1530. The van der Waals surface area contributed by atoms with Gasteiger partial charge in [0, 0.05) is 42.0 Å². The molecule has 4 rings (SSSR count). The van der Waals surface area contributed by atoms with E-state index >= 15 is 0 Å². The van der Waals surface area contributed by atoms with Crippen molar-refractivity contribution in [2.24, 2.45) is 5.92 Å². The lowest BCUT2D eigenvalue weighted by Crippen LogP contribution is -2.41. The Morgan fingerprint density at radius 1 is 1.17 bits per heavy atom. The number of carbonyl (C=O) groups excluding carboxylic acids is 1. The van der Waals surface area contributed by atoms with Gasteiger partial charge in [-0.05, 0) is 67.6 Å². The number of nitrogens with one attached hydrogen (secondary N) is 1. The van der Waals surface area contributed by atoms with E-state index in [1.807, 2.05) is 24.3 Å². The minimum absolute atomic E-state index is 0.0264. The number of methoxy groups -OCH3 is 1. The third-order valence-corrected chi connectivity index (χ3v) is 9.10. The van der Waals surface area contributed by atoms with Crippen LogP contribution in [-0.2, 0) is 21.4 Å². The van der Waals surface area contributed by atoms with Crippen LogP contribution in [0.1, 0.15) is 30.9 Å². The van der Waals surface area contributed by atoms with Gasteiger partial charge in [-0.25, -0.2) is 8.42 Å². The summed E-state index contributed by atoms with van der Waals surface area (Å²) in [6, 6.07) is 15.9. The molecule has 1 fully saturated rings. The molecule has 3 aromatic rings. The van der Waals surface area contributed by atoms with Crippen molar-refractivity contribution < 1.29 is 22.9 Å². The molecule has 1 heterocycles. The van der Waals surface area contributed by atoms with E-state index in [4.69, 9.17) is 16.3 Å². The van der Waals surface area contributed by atoms with Crippen molar-refractivity contribution in [3.8, 4) is 5.75 Å². The lowest BCUT2D eigenvalue weighted by Gasteiger charge is -2.32. The fraction of sp³-hybridized carbons (Fsp3) is 0.345. The first-order valence-electron chi connectivity index (χ1n) is 13.2. The van der Waals surface area contributed by atoms with Crippen LogP contribution < -0.4 is 19.3 Å². The van der Waals surface area contributed by atoms with Gasteiger partial charge in [0.25, 0.3) is 15.7 Å². The predicted molar refractivity (Wildman–Crippen MR) is 159 cm³/mol. The first-order chi connectivity index (χ1) is 19.5. The molecule has 0 spiro atoms. The fourth-order valence-corrected chi connectivity index (χ4v) is 6.48. The number of nitrogens with zero attached hydrogens (tertiary/aromatic N) is 3. The number of hydrogen-bond acceptors (Lipinski definition) is 7. The quantitative estimate of drug-likeness (QED) is 0.247. The van der Waals surface area contributed by atoms with Gasteiger partial charge in [0.15, 0.2) is 0 Å². The zero-order valence-electron chi connectivity index (χ0n) is 23.2. The predicted octanol–water partition coefficient (Wildman–Crippen LogP) is 5.31. The third-order valence-electron chi connectivity index (χ3n) is 7.11. The summed E-state index contributed by atoms with van der Waals surface area (Å²) in [5, 5.41) is 14.5. The molecule has 1 saturated heterocycles. The maximum Gasteiger partial charge on any atom is 0.273 e. The lowest BCUT2D eigenvalue weighted by molar-refractivity contribution is -0.385. The molecule has 1 N–H and O–H groups in total. The van der Waals surface area contributed by atoms with Crippen molar-refractivity contribution in [2.45, 2.75) is 38.1 Å². The molecule has 12 heteroatoms. The molecule has 0 saturated carbocycles. The van der Waals surface area contributed by atoms with Crippen molar-refractivity contribution in [3.05, 3.63) is 86.9 Å². The fourth-order valence-electron chi connectivity index (χ4n) is 4.87. The van der Waals surface area contributed by atoms with Crippen LogP contribution in [0.2, 0.25) is 5.02 Å². The Labute approximate surface area is 245 Å². The molecule has 218 valence electrons. The second-order valence-electron chi connectivity index (χ2n) is 10.2. The lowest BCUT2D eigenvalue weighted by atomic mass is 9.99. The number of rotatable bonds is 10. The number of nitro benzene ring substituents is 1. The number of piperidine rings is 1. The minimum Gasteiger partial charge on any atom is -0.495 e. The Hall–Kier alpha value is -3.83. The Morgan fingerprint density at radius 3 is 2.56 bits per heavy atom. The highest BCUT2D eigenvalue weighted by molar-refractivity contribution is 7.92. The number of carbonyl (C=O) groups is 1. The second kappa shape index (κ2) is 12.8. The van der Waals surface area contributed by atoms with E-state index in [1.54, 1.807) is 0 Å². The highest BCUT2D eigenvalue weighted by Gasteiger charge is 2.31. The summed E-state index contributed by atoms with van der Waals surface area (Å²) in [5.41, 5.74) is 1.97. The van der Waals surface area contributed by atoms with Crippen molar-refractivity contribution in [2.75, 3.05) is 35.9 Å². The summed E-state index contributed by atoms with van der Waals surface area (Å²) in [7, 11) is -3.09. The first kappa shape index (κ1) is 30.1. The van der Waals surface area contributed by atoms with Gasteiger partial charge in [0.1, 0.15) is 12.3 Å². The number of aryl methyl sites for hydroxylation is 1. The molecular weight excluding hydrogens is 568 g/mol. The Kier molecular flexibility index (Phi) is 9.39. The molecule has 0 radical (unpaired) electrons. The van der Waals surface area contributed by atoms with Crippen molar-refractivity contribution >= 4 is 44.6 Å². The standard InChI is InChI=1S/C29H33ClN4O6S/c1-20-5-4-14-32(18-20)24-10-7-22(8-11-24)17-31-29(35)19-33(27-15-23(30)9-13-28(27)40-3)41(38,39)25-12-6-21(2)26(16-25)34(36)37/h6-13,15-16,20H,4-5,14,17-19H2,1-3H3,(H,31,35). The van der Waals surface area contributed by atoms with Crippen LogP contribution in [0.5, 0.6) is 5.75 Å². The minimum atomic E-state index is -4.45. The average molecular weight is 601 g/mol. The van der Waals surface area contributed by atoms with Gasteiger partial charge in [-0.2, -0.15) is 0 Å². The number of hydrogen-bond donors (Lipinski definition) is 1. The van der Waals surface area contributed by atoms with Crippen molar-refractivity contribution in [1.29, 1.82) is 0 Å². The first-order valence-corrected chi connectivity index (χ1v) is 15.0. The summed E-state index contributed by atoms with van der Waals surface area (Å²) in [4.78, 5) is 26.0. The molecule has 1 unspecified atom stereocenters. The number of ether oxygens (including phenoxy) is 1. The normalized spacial score (nSPS) is 15.3. The molecule has 41 heavy (non-hydrogen) atoms. The number of anilines is 2. The maximum absolute atomic E-state index is 13.8. The average Bonchev–Trinajstić information content (AvgIpc) is 2.95. The van der Waals surface area contributed by atoms with Crippen LogP contribution in [0.4, 0.5) is 17.1 Å². The van der Waals surface area contributed by atoms with Crippen LogP contribution in [0, 0.1) is 23.0 Å². The highest BCUT2D eigenvalue weighted by Crippen LogP contribution is 2.35. The van der Waals surface area contributed by atoms with E-state index in [1.165, 1.54) is 50.8 Å². The molecule has 1 atom stereocenters. The van der Waals surface area contributed by atoms with Crippen LogP contribution in [-0.4, -0.2) is 46.0 Å². The molecule has 1 amide bonds. The van der Waals surface area contributed by atoms with E-state index in [-0.39, 0.29) is 33.6 Å². The van der Waals surface area contributed by atoms with Gasteiger partial charge in [0.05, 0.1) is 22.6 Å². The van der Waals surface area contributed by atoms with E-state index in [0.717, 1.165) is 41.1 Å². The zero-order valence-corrected chi connectivity index (χ0v) is 24.7. The topological polar surface area (TPSA) is 122 Å². The largest absolute Gasteiger partial charge is 0.495 e. The van der Waals surface area contributed by atoms with Crippen molar-refractivity contribution in [3.63, 3.8) is 0 Å². The molecule has 10 nitrogen and oxygen atoms in total. The van der Waals surface area contributed by atoms with E-state index < -0.39 is 27.4 Å². The number of benzene rings is 3. The molecule has 1 aliphatic rings. The summed E-state index contributed by atoms with van der Waals surface area (Å²) in [5.74, 6) is 0.229. The summed E-state index contributed by atoms with van der Waals surface area (Å²) in [6.07, 6.45) is 2.39. The Morgan fingerprint density at radius 2 is 1.90 bits per heavy atom. The number of amides is 1. The number of halogens is 1. The van der Waals surface area contributed by atoms with Crippen LogP contribution in [0.15, 0.2) is 65.6 Å². The molecular formula is C29H33ClN4O6S. The zero-order chi connectivity index (χ0) is 29.7. The summed E-state index contributed by atoms with van der Waals surface area (Å²) in [6.45, 7) is 5.37. The van der Waals surface area contributed by atoms with Crippen LogP contribution in [0.25, 0.3) is 0 Å². The van der Waals surface area contributed by atoms with Crippen LogP contribution in [0.3, 0.4) is 0 Å². The summed E-state index contributed by atoms with van der Waals surface area (Å²) < 4.78 is 33.9. The van der Waals surface area contributed by atoms with Gasteiger partial charge >= 0.3 is 0 Å². The van der Waals surface area contributed by atoms with Gasteiger partial charge in [-0.3, -0.25) is 19.2 Å². The van der Waals surface area contributed by atoms with E-state index in [2.05, 4.69) is 17.1 Å². The Balaban J connectivity index is 1.57. The molecule has 0 aromatic heterocycles. The smallest absolute Gasteiger partial charge is 0.273 e. The summed E-state index contributed by atoms with van der Waals surface area (Å²) >= 11 is 6.19. The highest BCUT2D eigenvalue weighted by atomic mass is 35.5. The molecule has 0 aliphatic carbocycles.